The summed E-state index contributed by atoms with van der Waals surface area (Å²) in [6, 6.07) is 23.5. The first kappa shape index (κ1) is 30.9. The highest BCUT2D eigenvalue weighted by molar-refractivity contribution is 6.09. The minimum atomic E-state index is -0.323. The topological polar surface area (TPSA) is 44.9 Å². The number of halogens is 1. The summed E-state index contributed by atoms with van der Waals surface area (Å²) in [5.41, 5.74) is 9.52. The largest absolute Gasteiger partial charge is 0.457 e. The minimum Gasteiger partial charge on any atom is -0.457 e. The van der Waals surface area contributed by atoms with Crippen LogP contribution < -0.4 is 4.74 Å². The van der Waals surface area contributed by atoms with Crippen LogP contribution in [0.4, 0.5) is 4.39 Å². The molecule has 47 heavy (non-hydrogen) atoms. The predicted molar refractivity (Wildman–Crippen MR) is 190 cm³/mol. The summed E-state index contributed by atoms with van der Waals surface area (Å²) in [5, 5.41) is 7.42. The van der Waals surface area contributed by atoms with E-state index in [1.165, 1.54) is 54.5 Å². The molecule has 0 radical (unpaired) electrons. The monoisotopic (exact) mass is 626 g/mol. The molecule has 6 aromatic rings. The van der Waals surface area contributed by atoms with Crippen molar-refractivity contribution in [2.45, 2.75) is 79.1 Å². The Bertz CT molecular complexity index is 2120. The Kier molecular flexibility index (Phi) is 8.44. The number of aryl methyl sites for hydroxylation is 2. The Morgan fingerprint density at radius 1 is 0.851 bits per heavy atom. The van der Waals surface area contributed by atoms with Crippen molar-refractivity contribution in [3.8, 4) is 23.0 Å². The van der Waals surface area contributed by atoms with Crippen molar-refractivity contribution < 1.29 is 9.13 Å². The molecular weight excluding hydrogens is 583 g/mol. The summed E-state index contributed by atoms with van der Waals surface area (Å²) in [6.07, 6.45) is 10.5. The lowest BCUT2D eigenvalue weighted by Gasteiger charge is -2.33. The van der Waals surface area contributed by atoms with Crippen LogP contribution >= 0.6 is 0 Å². The number of rotatable bonds is 9. The first-order chi connectivity index (χ1) is 22.9. The van der Waals surface area contributed by atoms with Crippen LogP contribution in [0.15, 0.2) is 90.6 Å². The molecule has 3 heterocycles. The maximum atomic E-state index is 14.3. The first-order valence-electron chi connectivity index (χ1n) is 17.2. The van der Waals surface area contributed by atoms with E-state index in [4.69, 9.17) is 9.84 Å². The van der Waals surface area contributed by atoms with Gasteiger partial charge < -0.3 is 4.74 Å². The summed E-state index contributed by atoms with van der Waals surface area (Å²) >= 11 is 0. The highest BCUT2D eigenvalue weighted by Crippen LogP contribution is 2.45. The molecule has 2 atom stereocenters. The Morgan fingerprint density at radius 3 is 2.45 bits per heavy atom. The molecule has 0 spiro atoms. The molecule has 0 aliphatic heterocycles. The molecule has 0 bridgehead atoms. The number of nitrogens with zero attached hydrogens (tertiary/aromatic N) is 4. The van der Waals surface area contributed by atoms with Gasteiger partial charge in [0.1, 0.15) is 23.1 Å². The van der Waals surface area contributed by atoms with Gasteiger partial charge in [0.25, 0.3) is 0 Å². The molecule has 0 fully saturated rings. The lowest BCUT2D eigenvalue weighted by Crippen LogP contribution is -2.20. The van der Waals surface area contributed by atoms with E-state index in [2.05, 4.69) is 80.7 Å². The zero-order valence-electron chi connectivity index (χ0n) is 28.1. The molecule has 0 amide bonds. The van der Waals surface area contributed by atoms with Gasteiger partial charge in [-0.05, 0) is 86.9 Å². The van der Waals surface area contributed by atoms with Crippen molar-refractivity contribution in [3.63, 3.8) is 0 Å². The quantitative estimate of drug-likeness (QED) is 0.150. The number of hydrogen-bond donors (Lipinski definition) is 0. The van der Waals surface area contributed by atoms with E-state index in [9.17, 15) is 4.39 Å². The van der Waals surface area contributed by atoms with Gasteiger partial charge in [0.05, 0.1) is 22.4 Å². The number of hydrogen-bond acceptors (Lipinski definition) is 3. The molecule has 1 aliphatic carbocycles. The molecule has 0 N–H and O–H groups in total. The van der Waals surface area contributed by atoms with E-state index in [1.54, 1.807) is 5.57 Å². The normalized spacial score (nSPS) is 16.6. The summed E-state index contributed by atoms with van der Waals surface area (Å²) in [7, 11) is 0. The predicted octanol–water partition coefficient (Wildman–Crippen LogP) is 11.0. The fraction of sp³-hybridized carbons (Fsp3) is 0.317. The third-order valence-electron chi connectivity index (χ3n) is 9.92. The Morgan fingerprint density at radius 2 is 1.68 bits per heavy atom. The third-order valence-corrected chi connectivity index (χ3v) is 9.92. The SMILES string of the molecule is CCC1=CCC[C@H](CC)C1c1c(CC)nn(-c2cc(C)cc(Oc3ccc4c5ccccc5n(-c5cc(F)ccn5)c4c3)c2)c1CC. The number of pyridine rings is 1. The van der Waals surface area contributed by atoms with Crippen molar-refractivity contribution in [1.82, 2.24) is 19.3 Å². The van der Waals surface area contributed by atoms with Crippen LogP contribution in [0, 0.1) is 18.7 Å². The fourth-order valence-corrected chi connectivity index (χ4v) is 7.82. The average Bonchev–Trinajstić information content (AvgIpc) is 3.62. The number of benzene rings is 3. The van der Waals surface area contributed by atoms with Crippen molar-refractivity contribution in [1.29, 1.82) is 0 Å². The van der Waals surface area contributed by atoms with Gasteiger partial charge in [0.15, 0.2) is 0 Å². The number of allylic oxidation sites excluding steroid dienone is 2. The van der Waals surface area contributed by atoms with Gasteiger partial charge in [-0.15, -0.1) is 0 Å². The summed E-state index contributed by atoms with van der Waals surface area (Å²) in [5.74, 6) is 2.74. The Balaban J connectivity index is 1.31. The minimum absolute atomic E-state index is 0.323. The first-order valence-corrected chi connectivity index (χ1v) is 17.2. The standard InChI is InChI=1S/C41H43FN4O/c1-6-27-13-12-14-28(7-2)40(27)41-35(8-3)44-46(36(41)9-4)30-21-26(5)22-32(24-30)47-31-17-18-34-33-15-10-11-16-37(33)45(38(34)25-31)39-23-29(42)19-20-43-39/h10-11,13,15-25,28,40H,6-9,12,14H2,1-5H3/t28-,40?/m0/s1. The second kappa shape index (κ2) is 12.8. The zero-order valence-corrected chi connectivity index (χ0v) is 28.1. The van der Waals surface area contributed by atoms with Gasteiger partial charge in [-0.1, -0.05) is 64.0 Å². The number of ether oxygens (including phenoxy) is 1. The summed E-state index contributed by atoms with van der Waals surface area (Å²) < 4.78 is 25.1. The van der Waals surface area contributed by atoms with Crippen LogP contribution in [0.2, 0.25) is 0 Å². The van der Waals surface area contributed by atoms with Crippen molar-refractivity contribution in [2.75, 3.05) is 0 Å². The molecular formula is C41H43FN4O. The van der Waals surface area contributed by atoms with Crippen LogP contribution in [0.3, 0.4) is 0 Å². The summed E-state index contributed by atoms with van der Waals surface area (Å²) in [4.78, 5) is 4.51. The number of para-hydroxylation sites is 1. The van der Waals surface area contributed by atoms with E-state index in [1.807, 2.05) is 34.9 Å². The van der Waals surface area contributed by atoms with Crippen molar-refractivity contribution in [3.05, 3.63) is 119 Å². The Labute approximate surface area is 276 Å². The molecule has 1 unspecified atom stereocenters. The van der Waals surface area contributed by atoms with Crippen LogP contribution in [0.5, 0.6) is 11.5 Å². The number of fused-ring (bicyclic) bond motifs is 3. The van der Waals surface area contributed by atoms with Crippen LogP contribution in [0.25, 0.3) is 33.3 Å². The molecule has 6 heteroatoms. The van der Waals surface area contributed by atoms with E-state index in [0.717, 1.165) is 58.1 Å². The molecule has 1 aliphatic rings. The van der Waals surface area contributed by atoms with Crippen LogP contribution in [-0.4, -0.2) is 19.3 Å². The van der Waals surface area contributed by atoms with Crippen LogP contribution in [0.1, 0.15) is 81.8 Å². The van der Waals surface area contributed by atoms with E-state index in [0.29, 0.717) is 23.4 Å². The lowest BCUT2D eigenvalue weighted by atomic mass is 9.71. The highest BCUT2D eigenvalue weighted by atomic mass is 19.1. The van der Waals surface area contributed by atoms with Gasteiger partial charge in [0.2, 0.25) is 0 Å². The van der Waals surface area contributed by atoms with Gasteiger partial charge in [-0.3, -0.25) is 4.57 Å². The molecule has 0 saturated heterocycles. The molecule has 3 aromatic heterocycles. The van der Waals surface area contributed by atoms with Crippen LogP contribution in [-0.2, 0) is 12.8 Å². The molecule has 3 aromatic carbocycles. The molecule has 5 nitrogen and oxygen atoms in total. The van der Waals surface area contributed by atoms with Crippen molar-refractivity contribution >= 4 is 21.8 Å². The maximum absolute atomic E-state index is 14.3. The van der Waals surface area contributed by atoms with E-state index in [-0.39, 0.29) is 5.82 Å². The second-order valence-electron chi connectivity index (χ2n) is 12.8. The zero-order chi connectivity index (χ0) is 32.7. The Hall–Kier alpha value is -4.71. The van der Waals surface area contributed by atoms with E-state index >= 15 is 0 Å². The fourth-order valence-electron chi connectivity index (χ4n) is 7.82. The second-order valence-corrected chi connectivity index (χ2v) is 12.8. The summed E-state index contributed by atoms with van der Waals surface area (Å²) in [6.45, 7) is 11.2. The van der Waals surface area contributed by atoms with Gasteiger partial charge in [-0.25, -0.2) is 14.1 Å². The number of aromatic nitrogens is 4. The highest BCUT2D eigenvalue weighted by Gasteiger charge is 2.33. The van der Waals surface area contributed by atoms with Gasteiger partial charge in [0, 0.05) is 52.3 Å². The molecule has 7 rings (SSSR count). The third kappa shape index (κ3) is 5.54. The van der Waals surface area contributed by atoms with Gasteiger partial charge in [-0.2, -0.15) is 5.10 Å². The molecule has 0 saturated carbocycles. The van der Waals surface area contributed by atoms with Crippen molar-refractivity contribution in [2.24, 2.45) is 5.92 Å². The lowest BCUT2D eigenvalue weighted by molar-refractivity contribution is 0.392. The smallest absolute Gasteiger partial charge is 0.140 e. The molecule has 240 valence electrons. The van der Waals surface area contributed by atoms with Gasteiger partial charge >= 0.3 is 0 Å². The maximum Gasteiger partial charge on any atom is 0.140 e. The average molecular weight is 627 g/mol. The van der Waals surface area contributed by atoms with E-state index < -0.39 is 0 Å².